The third-order valence-corrected chi connectivity index (χ3v) is 7.61. The van der Waals surface area contributed by atoms with Crippen molar-refractivity contribution in [2.24, 2.45) is 5.10 Å². The summed E-state index contributed by atoms with van der Waals surface area (Å²) in [6.07, 6.45) is 6.93. The number of methoxy groups -OCH3 is 1. The standard InChI is InChI=1S/C35H34N6O2/c1-3-4-14-33-36-31-21-27(20-15-24-10-6-5-7-11-24)30(35(42)43-2)22-32(31)41(33)23-25-16-18-26(19-17-25)28-12-8-9-13-29(28)34-37-39-40-38-34/h5-13,15-22,39-40H,3-4,14,23H2,1-2H3,(H,37,38)/b20-15+. The topological polar surface area (TPSA) is 92.6 Å². The molecule has 0 saturated carbocycles. The van der Waals surface area contributed by atoms with E-state index in [1.165, 1.54) is 7.11 Å². The highest BCUT2D eigenvalue weighted by molar-refractivity contribution is 6.04. The molecule has 216 valence electrons. The third-order valence-electron chi connectivity index (χ3n) is 7.61. The number of fused-ring (bicyclic) bond motifs is 1. The van der Waals surface area contributed by atoms with E-state index in [9.17, 15) is 4.79 Å². The van der Waals surface area contributed by atoms with E-state index in [-0.39, 0.29) is 5.97 Å². The van der Waals surface area contributed by atoms with Crippen molar-refractivity contribution in [3.05, 3.63) is 125 Å². The number of benzene rings is 4. The average Bonchev–Trinajstić information content (AvgIpc) is 3.71. The highest BCUT2D eigenvalue weighted by atomic mass is 16.5. The summed E-state index contributed by atoms with van der Waals surface area (Å²) in [4.78, 5) is 18.0. The summed E-state index contributed by atoms with van der Waals surface area (Å²) < 4.78 is 7.42. The first-order valence-corrected chi connectivity index (χ1v) is 14.5. The number of rotatable bonds is 10. The van der Waals surface area contributed by atoms with Gasteiger partial charge in [-0.2, -0.15) is 0 Å². The van der Waals surface area contributed by atoms with Crippen LogP contribution in [0.4, 0.5) is 0 Å². The zero-order chi connectivity index (χ0) is 29.6. The maximum absolute atomic E-state index is 12.9. The number of hydrazine groups is 2. The zero-order valence-corrected chi connectivity index (χ0v) is 24.3. The van der Waals surface area contributed by atoms with Crippen molar-refractivity contribution >= 4 is 35.0 Å². The number of hydrazone groups is 1. The van der Waals surface area contributed by atoms with Gasteiger partial charge in [0.15, 0.2) is 5.84 Å². The maximum atomic E-state index is 12.9. The Labute approximate surface area is 251 Å². The molecular weight excluding hydrogens is 536 g/mol. The minimum absolute atomic E-state index is 0.368. The monoisotopic (exact) mass is 570 g/mol. The van der Waals surface area contributed by atoms with Crippen LogP contribution in [-0.2, 0) is 17.7 Å². The molecule has 0 fully saturated rings. The largest absolute Gasteiger partial charge is 0.465 e. The Morgan fingerprint density at radius 2 is 1.70 bits per heavy atom. The molecule has 1 aliphatic heterocycles. The highest BCUT2D eigenvalue weighted by Gasteiger charge is 2.18. The van der Waals surface area contributed by atoms with E-state index in [2.05, 4.69) is 63.4 Å². The summed E-state index contributed by atoms with van der Waals surface area (Å²) in [6, 6.07) is 30.7. The Bertz CT molecular complexity index is 1810. The Hall–Kier alpha value is -5.21. The molecule has 4 aromatic carbocycles. The summed E-state index contributed by atoms with van der Waals surface area (Å²) in [5.74, 6) is 1.38. The van der Waals surface area contributed by atoms with Gasteiger partial charge in [0, 0.05) is 18.5 Å². The number of esters is 1. The van der Waals surface area contributed by atoms with Crippen LogP contribution in [-0.4, -0.2) is 28.5 Å². The fourth-order valence-corrected chi connectivity index (χ4v) is 5.35. The Balaban J connectivity index is 1.36. The lowest BCUT2D eigenvalue weighted by Crippen LogP contribution is -2.35. The van der Waals surface area contributed by atoms with Gasteiger partial charge in [-0.1, -0.05) is 104 Å². The first-order valence-electron chi connectivity index (χ1n) is 14.5. The van der Waals surface area contributed by atoms with E-state index in [1.54, 1.807) is 0 Å². The molecule has 43 heavy (non-hydrogen) atoms. The molecule has 0 bridgehead atoms. The first-order chi connectivity index (χ1) is 21.1. The van der Waals surface area contributed by atoms with Crippen molar-refractivity contribution in [3.63, 3.8) is 0 Å². The number of nitrogens with zero attached hydrogens (tertiary/aromatic N) is 3. The predicted octanol–water partition coefficient (Wildman–Crippen LogP) is 6.33. The first kappa shape index (κ1) is 27.9. The number of amidine groups is 1. The second-order valence-corrected chi connectivity index (χ2v) is 10.4. The fourth-order valence-electron chi connectivity index (χ4n) is 5.35. The van der Waals surface area contributed by atoms with Gasteiger partial charge in [0.1, 0.15) is 5.82 Å². The van der Waals surface area contributed by atoms with E-state index in [0.29, 0.717) is 12.1 Å². The number of unbranched alkanes of at least 4 members (excludes halogenated alkanes) is 1. The van der Waals surface area contributed by atoms with Gasteiger partial charge < -0.3 is 9.30 Å². The molecule has 0 spiro atoms. The van der Waals surface area contributed by atoms with Crippen molar-refractivity contribution in [2.75, 3.05) is 7.11 Å². The molecule has 8 heteroatoms. The van der Waals surface area contributed by atoms with Crippen LogP contribution < -0.4 is 16.5 Å². The van der Waals surface area contributed by atoms with Crippen LogP contribution in [0.25, 0.3) is 34.3 Å². The van der Waals surface area contributed by atoms with Gasteiger partial charge in [0.2, 0.25) is 0 Å². The summed E-state index contributed by atoms with van der Waals surface area (Å²) in [7, 11) is 1.42. The van der Waals surface area contributed by atoms with Crippen molar-refractivity contribution in [3.8, 4) is 11.1 Å². The number of ether oxygens (including phenoxy) is 1. The Morgan fingerprint density at radius 3 is 2.42 bits per heavy atom. The highest BCUT2D eigenvalue weighted by Crippen LogP contribution is 2.28. The van der Waals surface area contributed by atoms with Gasteiger partial charge in [-0.05, 0) is 46.4 Å². The van der Waals surface area contributed by atoms with Crippen LogP contribution in [0.2, 0.25) is 0 Å². The molecule has 0 atom stereocenters. The van der Waals surface area contributed by atoms with Crippen LogP contribution in [0.3, 0.4) is 0 Å². The smallest absolute Gasteiger partial charge is 0.338 e. The SMILES string of the molecule is CCCCc1nc2cc(/C=C/c3ccccc3)c(C(=O)OC)cc2n1Cc1ccc(-c2ccccc2C2=NNNN2)cc1. The number of carbonyl (C=O) groups excluding carboxylic acids is 1. The molecule has 1 aromatic heterocycles. The molecular formula is C35H34N6O2. The lowest BCUT2D eigenvalue weighted by molar-refractivity contribution is 0.0600. The lowest BCUT2D eigenvalue weighted by atomic mass is 9.98. The quantitative estimate of drug-likeness (QED) is 0.134. The number of aryl methyl sites for hydroxylation is 1. The van der Waals surface area contributed by atoms with E-state index in [4.69, 9.17) is 9.72 Å². The zero-order valence-electron chi connectivity index (χ0n) is 24.3. The minimum atomic E-state index is -0.368. The van der Waals surface area contributed by atoms with E-state index in [1.807, 2.05) is 72.8 Å². The van der Waals surface area contributed by atoms with Crippen LogP contribution >= 0.6 is 0 Å². The van der Waals surface area contributed by atoms with Crippen LogP contribution in [0.1, 0.15) is 58.2 Å². The molecule has 1 aliphatic rings. The van der Waals surface area contributed by atoms with Gasteiger partial charge in [0.05, 0.1) is 23.7 Å². The molecule has 0 amide bonds. The van der Waals surface area contributed by atoms with Gasteiger partial charge in [-0.25, -0.2) is 15.3 Å². The third kappa shape index (κ3) is 6.05. The normalized spacial score (nSPS) is 12.7. The minimum Gasteiger partial charge on any atom is -0.465 e. The summed E-state index contributed by atoms with van der Waals surface area (Å²) in [5.41, 5.74) is 17.1. The van der Waals surface area contributed by atoms with Gasteiger partial charge in [0.25, 0.3) is 0 Å². The number of aromatic nitrogens is 2. The Morgan fingerprint density at radius 1 is 0.930 bits per heavy atom. The second kappa shape index (κ2) is 12.8. The van der Waals surface area contributed by atoms with Crippen LogP contribution in [0.15, 0.2) is 96.1 Å². The number of hydrogen-bond donors (Lipinski definition) is 3. The van der Waals surface area contributed by atoms with Crippen molar-refractivity contribution in [1.82, 2.24) is 26.0 Å². The van der Waals surface area contributed by atoms with E-state index >= 15 is 0 Å². The molecule has 0 unspecified atom stereocenters. The summed E-state index contributed by atoms with van der Waals surface area (Å²) >= 11 is 0. The summed E-state index contributed by atoms with van der Waals surface area (Å²) in [6.45, 7) is 2.82. The van der Waals surface area contributed by atoms with Gasteiger partial charge in [-0.15, -0.1) is 10.6 Å². The molecule has 0 saturated heterocycles. The number of nitrogens with one attached hydrogen (secondary N) is 3. The number of imidazole rings is 1. The lowest BCUT2D eigenvalue weighted by Gasteiger charge is -2.13. The van der Waals surface area contributed by atoms with Gasteiger partial charge >= 0.3 is 5.97 Å². The molecule has 6 rings (SSSR count). The van der Waals surface area contributed by atoms with E-state index < -0.39 is 0 Å². The van der Waals surface area contributed by atoms with Gasteiger partial charge in [-0.3, -0.25) is 5.43 Å². The molecule has 0 aliphatic carbocycles. The molecule has 8 nitrogen and oxygen atoms in total. The van der Waals surface area contributed by atoms with Crippen molar-refractivity contribution in [1.29, 1.82) is 0 Å². The molecule has 0 radical (unpaired) electrons. The Kier molecular flexibility index (Phi) is 8.28. The summed E-state index contributed by atoms with van der Waals surface area (Å²) in [5, 5.41) is 4.28. The average molecular weight is 571 g/mol. The predicted molar refractivity (Wildman–Crippen MR) is 172 cm³/mol. The number of carbonyl (C=O) groups is 1. The van der Waals surface area contributed by atoms with Crippen molar-refractivity contribution < 1.29 is 9.53 Å². The van der Waals surface area contributed by atoms with E-state index in [0.717, 1.165) is 75.3 Å². The number of hydrogen-bond acceptors (Lipinski definition) is 7. The maximum Gasteiger partial charge on any atom is 0.338 e. The van der Waals surface area contributed by atoms with Crippen LogP contribution in [0, 0.1) is 0 Å². The van der Waals surface area contributed by atoms with Crippen LogP contribution in [0.5, 0.6) is 0 Å². The molecule has 3 N–H and O–H groups in total. The van der Waals surface area contributed by atoms with Crippen molar-refractivity contribution in [2.45, 2.75) is 32.7 Å². The fraction of sp³-hybridized carbons (Fsp3) is 0.171. The second-order valence-electron chi connectivity index (χ2n) is 10.4. The molecule has 5 aromatic rings. The molecule has 2 heterocycles.